The third kappa shape index (κ3) is 3.34. The predicted molar refractivity (Wildman–Crippen MR) is 87.0 cm³/mol. The summed E-state index contributed by atoms with van der Waals surface area (Å²) in [5.74, 6) is -0.0322. The van der Waals surface area contributed by atoms with E-state index in [1.807, 2.05) is 44.3 Å². The minimum atomic E-state index is -0.536. The van der Waals surface area contributed by atoms with Gasteiger partial charge in [-0.2, -0.15) is 0 Å². The highest BCUT2D eigenvalue weighted by atomic mass is 16.2. The fourth-order valence-electron chi connectivity index (χ4n) is 2.53. The molecular weight excluding hydrogens is 262 g/mol. The summed E-state index contributed by atoms with van der Waals surface area (Å²) in [5.41, 5.74) is 8.28. The number of carbonyl (C=O) groups excluding carboxylic acids is 1. The summed E-state index contributed by atoms with van der Waals surface area (Å²) in [4.78, 5) is 17.4. The van der Waals surface area contributed by atoms with E-state index >= 15 is 0 Å². The van der Waals surface area contributed by atoms with Gasteiger partial charge < -0.3 is 15.6 Å². The van der Waals surface area contributed by atoms with Crippen LogP contribution < -0.4 is 5.73 Å². The molecule has 112 valence electrons. The number of carbonyl (C=O) groups is 1. The Kier molecular flexibility index (Phi) is 4.81. The van der Waals surface area contributed by atoms with Crippen molar-refractivity contribution in [3.05, 3.63) is 48.7 Å². The van der Waals surface area contributed by atoms with E-state index in [9.17, 15) is 4.79 Å². The molecule has 0 saturated heterocycles. The van der Waals surface area contributed by atoms with Crippen LogP contribution in [-0.4, -0.2) is 34.4 Å². The van der Waals surface area contributed by atoms with Gasteiger partial charge in [0.2, 0.25) is 5.91 Å². The standard InChI is InChI=1S/C17H23N3O/c1-4-9-20(12(2)3)17(21)15(18)10-13-11-19-16-8-6-5-7-14(13)16/h4-8,11-12,15,19H,1,9-10,18H2,2-3H3. The first-order chi connectivity index (χ1) is 10.0. The molecule has 1 heterocycles. The highest BCUT2D eigenvalue weighted by molar-refractivity contribution is 5.86. The van der Waals surface area contributed by atoms with E-state index in [0.717, 1.165) is 16.5 Å². The van der Waals surface area contributed by atoms with Gasteiger partial charge in [0.05, 0.1) is 6.04 Å². The van der Waals surface area contributed by atoms with Crippen LogP contribution in [-0.2, 0) is 11.2 Å². The number of amides is 1. The number of rotatable bonds is 6. The van der Waals surface area contributed by atoms with Crippen LogP contribution >= 0.6 is 0 Å². The molecule has 0 aliphatic carbocycles. The normalized spacial score (nSPS) is 12.6. The Labute approximate surface area is 125 Å². The van der Waals surface area contributed by atoms with Crippen molar-refractivity contribution in [3.63, 3.8) is 0 Å². The lowest BCUT2D eigenvalue weighted by Crippen LogP contribution is -2.47. The van der Waals surface area contributed by atoms with Gasteiger partial charge in [0.25, 0.3) is 0 Å². The quantitative estimate of drug-likeness (QED) is 0.801. The number of nitrogens with two attached hydrogens (primary N) is 1. The average molecular weight is 285 g/mol. The van der Waals surface area contributed by atoms with Crippen LogP contribution in [0, 0.1) is 0 Å². The maximum atomic E-state index is 12.5. The Balaban J connectivity index is 2.15. The molecular formula is C17H23N3O. The number of aromatic nitrogens is 1. The molecule has 0 spiro atoms. The van der Waals surface area contributed by atoms with E-state index in [0.29, 0.717) is 13.0 Å². The molecule has 0 bridgehead atoms. The zero-order valence-electron chi connectivity index (χ0n) is 12.7. The molecule has 1 amide bonds. The SMILES string of the molecule is C=CCN(C(=O)C(N)Cc1c[nH]c2ccccc12)C(C)C. The third-order valence-corrected chi connectivity index (χ3v) is 3.66. The lowest BCUT2D eigenvalue weighted by molar-refractivity contribution is -0.133. The van der Waals surface area contributed by atoms with Crippen LogP contribution in [0.4, 0.5) is 0 Å². The van der Waals surface area contributed by atoms with Crippen LogP contribution in [0.15, 0.2) is 43.1 Å². The van der Waals surface area contributed by atoms with Gasteiger partial charge >= 0.3 is 0 Å². The van der Waals surface area contributed by atoms with Gasteiger partial charge in [0, 0.05) is 29.7 Å². The number of hydrogen-bond acceptors (Lipinski definition) is 2. The fraction of sp³-hybridized carbons (Fsp3) is 0.353. The van der Waals surface area contributed by atoms with Crippen molar-refractivity contribution in [2.45, 2.75) is 32.4 Å². The number of benzene rings is 1. The summed E-state index contributed by atoms with van der Waals surface area (Å²) in [5, 5.41) is 1.13. The Morgan fingerprint density at radius 1 is 1.43 bits per heavy atom. The molecule has 0 fully saturated rings. The molecule has 0 saturated carbocycles. The largest absolute Gasteiger partial charge is 0.361 e. The zero-order chi connectivity index (χ0) is 15.4. The first-order valence-electron chi connectivity index (χ1n) is 7.26. The Hall–Kier alpha value is -2.07. The second-order valence-corrected chi connectivity index (χ2v) is 5.54. The maximum absolute atomic E-state index is 12.5. The lowest BCUT2D eigenvalue weighted by atomic mass is 10.0. The topological polar surface area (TPSA) is 62.1 Å². The van der Waals surface area contributed by atoms with Crippen LogP contribution in [0.5, 0.6) is 0 Å². The van der Waals surface area contributed by atoms with Crippen molar-refractivity contribution in [3.8, 4) is 0 Å². The van der Waals surface area contributed by atoms with Crippen LogP contribution in [0.1, 0.15) is 19.4 Å². The molecule has 0 radical (unpaired) electrons. The molecule has 1 aromatic heterocycles. The number of nitrogens with one attached hydrogen (secondary N) is 1. The van der Waals surface area contributed by atoms with Crippen molar-refractivity contribution >= 4 is 16.8 Å². The van der Waals surface area contributed by atoms with E-state index < -0.39 is 6.04 Å². The van der Waals surface area contributed by atoms with E-state index in [4.69, 9.17) is 5.73 Å². The molecule has 3 N–H and O–H groups in total. The van der Waals surface area contributed by atoms with Crippen molar-refractivity contribution in [2.75, 3.05) is 6.54 Å². The number of nitrogens with zero attached hydrogens (tertiary/aromatic N) is 1. The molecule has 0 aliphatic rings. The van der Waals surface area contributed by atoms with Gasteiger partial charge in [-0.25, -0.2) is 0 Å². The molecule has 4 heteroatoms. The van der Waals surface area contributed by atoms with Crippen molar-refractivity contribution in [1.29, 1.82) is 0 Å². The second-order valence-electron chi connectivity index (χ2n) is 5.54. The third-order valence-electron chi connectivity index (χ3n) is 3.66. The molecule has 2 aromatic rings. The van der Waals surface area contributed by atoms with Crippen molar-refractivity contribution in [1.82, 2.24) is 9.88 Å². The molecule has 1 aromatic carbocycles. The Morgan fingerprint density at radius 2 is 2.14 bits per heavy atom. The minimum absolute atomic E-state index is 0.0322. The predicted octanol–water partition coefficient (Wildman–Crippen LogP) is 2.46. The summed E-state index contributed by atoms with van der Waals surface area (Å²) in [6, 6.07) is 7.62. The maximum Gasteiger partial charge on any atom is 0.240 e. The van der Waals surface area contributed by atoms with E-state index in [1.165, 1.54) is 0 Å². The Bertz CT molecular complexity index is 630. The first kappa shape index (κ1) is 15.3. The monoisotopic (exact) mass is 285 g/mol. The van der Waals surface area contributed by atoms with Gasteiger partial charge in [-0.1, -0.05) is 24.3 Å². The fourth-order valence-corrected chi connectivity index (χ4v) is 2.53. The smallest absolute Gasteiger partial charge is 0.240 e. The molecule has 21 heavy (non-hydrogen) atoms. The summed E-state index contributed by atoms with van der Waals surface area (Å²) >= 11 is 0. The highest BCUT2D eigenvalue weighted by Crippen LogP contribution is 2.19. The molecule has 4 nitrogen and oxygen atoms in total. The van der Waals surface area contributed by atoms with E-state index in [2.05, 4.69) is 11.6 Å². The van der Waals surface area contributed by atoms with Crippen molar-refractivity contribution in [2.24, 2.45) is 5.73 Å². The summed E-state index contributed by atoms with van der Waals surface area (Å²) in [7, 11) is 0. The first-order valence-corrected chi connectivity index (χ1v) is 7.26. The van der Waals surface area contributed by atoms with Crippen LogP contribution in [0.2, 0.25) is 0 Å². The van der Waals surface area contributed by atoms with E-state index in [1.54, 1.807) is 11.0 Å². The average Bonchev–Trinajstić information content (AvgIpc) is 2.87. The van der Waals surface area contributed by atoms with Crippen LogP contribution in [0.3, 0.4) is 0 Å². The number of hydrogen-bond donors (Lipinski definition) is 2. The number of aromatic amines is 1. The number of H-pyrrole nitrogens is 1. The zero-order valence-corrected chi connectivity index (χ0v) is 12.7. The Morgan fingerprint density at radius 3 is 2.81 bits per heavy atom. The van der Waals surface area contributed by atoms with Crippen molar-refractivity contribution < 1.29 is 4.79 Å². The van der Waals surface area contributed by atoms with E-state index in [-0.39, 0.29) is 11.9 Å². The van der Waals surface area contributed by atoms with Gasteiger partial charge in [0.1, 0.15) is 0 Å². The summed E-state index contributed by atoms with van der Waals surface area (Å²) in [6.45, 7) is 8.20. The van der Waals surface area contributed by atoms with Crippen LogP contribution in [0.25, 0.3) is 10.9 Å². The van der Waals surface area contributed by atoms with Gasteiger partial charge in [-0.05, 0) is 31.9 Å². The minimum Gasteiger partial charge on any atom is -0.361 e. The van der Waals surface area contributed by atoms with Gasteiger partial charge in [0.15, 0.2) is 0 Å². The molecule has 1 unspecified atom stereocenters. The highest BCUT2D eigenvalue weighted by Gasteiger charge is 2.23. The van der Waals surface area contributed by atoms with Gasteiger partial charge in [-0.15, -0.1) is 6.58 Å². The summed E-state index contributed by atoms with van der Waals surface area (Å²) in [6.07, 6.45) is 4.20. The second kappa shape index (κ2) is 6.59. The van der Waals surface area contributed by atoms with Gasteiger partial charge in [-0.3, -0.25) is 4.79 Å². The molecule has 0 aliphatic heterocycles. The number of fused-ring (bicyclic) bond motifs is 1. The molecule has 2 rings (SSSR count). The summed E-state index contributed by atoms with van der Waals surface area (Å²) < 4.78 is 0. The lowest BCUT2D eigenvalue weighted by Gasteiger charge is -2.28. The number of para-hydroxylation sites is 1. The molecule has 1 atom stereocenters.